The smallest absolute Gasteiger partial charge is 0.232 e. The topological polar surface area (TPSA) is 74.7 Å². The number of likely N-dealkylation sites (tertiary alicyclic amines) is 1. The number of amides is 1. The van der Waals surface area contributed by atoms with Gasteiger partial charge in [-0.2, -0.15) is 0 Å². The molecule has 2 atom stereocenters. The molecule has 0 radical (unpaired) electrons. The average Bonchev–Trinajstić information content (AvgIpc) is 2.60. The van der Waals surface area contributed by atoms with Crippen molar-refractivity contribution in [1.29, 1.82) is 0 Å². The van der Waals surface area contributed by atoms with E-state index in [1.165, 1.54) is 18.2 Å². The fourth-order valence-electron chi connectivity index (χ4n) is 2.37. The third kappa shape index (κ3) is 3.61. The number of sulfone groups is 1. The summed E-state index contributed by atoms with van der Waals surface area (Å²) in [5, 5.41) is 9.28. The number of carbonyl (C=O) groups is 1. The van der Waals surface area contributed by atoms with E-state index in [0.29, 0.717) is 0 Å². The standard InChI is InChI=1S/C11H19NO4S2/c13-9-7-18(15,16)8-10(9)17-6-11(14)12-4-2-1-3-5-12/h9-10,13H,1-8H2. The van der Waals surface area contributed by atoms with Gasteiger partial charge >= 0.3 is 0 Å². The van der Waals surface area contributed by atoms with Gasteiger partial charge in [-0.3, -0.25) is 4.79 Å². The maximum absolute atomic E-state index is 11.9. The second-order valence-electron chi connectivity index (χ2n) is 4.94. The van der Waals surface area contributed by atoms with Gasteiger partial charge in [-0.25, -0.2) is 8.42 Å². The quantitative estimate of drug-likeness (QED) is 0.786. The fourth-order valence-corrected chi connectivity index (χ4v) is 5.97. The van der Waals surface area contributed by atoms with Gasteiger partial charge in [-0.1, -0.05) is 0 Å². The Morgan fingerprint density at radius 3 is 2.44 bits per heavy atom. The van der Waals surface area contributed by atoms with Crippen LogP contribution in [-0.2, 0) is 14.6 Å². The molecule has 5 nitrogen and oxygen atoms in total. The number of aliphatic hydroxyl groups is 1. The molecule has 0 bridgehead atoms. The summed E-state index contributed by atoms with van der Waals surface area (Å²) in [5.74, 6) is 0.169. The van der Waals surface area contributed by atoms with Crippen LogP contribution < -0.4 is 0 Å². The Kier molecular flexibility index (Phi) is 4.55. The van der Waals surface area contributed by atoms with Gasteiger partial charge in [0.1, 0.15) is 0 Å². The van der Waals surface area contributed by atoms with Crippen LogP contribution in [-0.4, -0.2) is 66.0 Å². The first-order valence-electron chi connectivity index (χ1n) is 6.26. The average molecular weight is 293 g/mol. The van der Waals surface area contributed by atoms with E-state index in [0.717, 1.165) is 25.9 Å². The highest BCUT2D eigenvalue weighted by Crippen LogP contribution is 2.25. The van der Waals surface area contributed by atoms with Crippen molar-refractivity contribution in [3.8, 4) is 0 Å². The van der Waals surface area contributed by atoms with Crippen molar-refractivity contribution < 1.29 is 18.3 Å². The number of hydrogen-bond acceptors (Lipinski definition) is 5. The zero-order valence-electron chi connectivity index (χ0n) is 10.2. The molecule has 1 N–H and O–H groups in total. The van der Waals surface area contributed by atoms with Crippen LogP contribution in [0.4, 0.5) is 0 Å². The summed E-state index contributed by atoms with van der Waals surface area (Å²) in [6.07, 6.45) is 2.46. The third-order valence-corrected chi connectivity index (χ3v) is 6.65. The largest absolute Gasteiger partial charge is 0.391 e. The van der Waals surface area contributed by atoms with Gasteiger partial charge in [-0.05, 0) is 19.3 Å². The zero-order valence-corrected chi connectivity index (χ0v) is 11.9. The maximum Gasteiger partial charge on any atom is 0.232 e. The van der Waals surface area contributed by atoms with Crippen molar-refractivity contribution in [2.75, 3.05) is 30.3 Å². The highest BCUT2D eigenvalue weighted by Gasteiger charge is 2.37. The summed E-state index contributed by atoms with van der Waals surface area (Å²) >= 11 is 1.28. The fraction of sp³-hybridized carbons (Fsp3) is 0.909. The number of rotatable bonds is 3. The van der Waals surface area contributed by atoms with Crippen molar-refractivity contribution in [3.05, 3.63) is 0 Å². The van der Waals surface area contributed by atoms with Crippen molar-refractivity contribution in [2.24, 2.45) is 0 Å². The molecule has 0 aromatic heterocycles. The first-order chi connectivity index (χ1) is 8.48. The van der Waals surface area contributed by atoms with Crippen LogP contribution in [0.3, 0.4) is 0 Å². The first-order valence-corrected chi connectivity index (χ1v) is 9.13. The summed E-state index contributed by atoms with van der Waals surface area (Å²) in [7, 11) is -3.11. The molecule has 2 saturated heterocycles. The highest BCUT2D eigenvalue weighted by molar-refractivity contribution is 8.02. The van der Waals surface area contributed by atoms with Gasteiger partial charge in [0, 0.05) is 18.3 Å². The second-order valence-corrected chi connectivity index (χ2v) is 8.32. The molecule has 2 aliphatic rings. The molecule has 2 rings (SSSR count). The Hall–Kier alpha value is -0.270. The zero-order chi connectivity index (χ0) is 13.2. The van der Waals surface area contributed by atoms with Crippen LogP contribution in [0.1, 0.15) is 19.3 Å². The molecule has 0 aromatic carbocycles. The van der Waals surface area contributed by atoms with Gasteiger partial charge < -0.3 is 10.0 Å². The lowest BCUT2D eigenvalue weighted by molar-refractivity contribution is -0.129. The van der Waals surface area contributed by atoms with Crippen LogP contribution in [0.2, 0.25) is 0 Å². The van der Waals surface area contributed by atoms with Crippen molar-refractivity contribution in [2.45, 2.75) is 30.6 Å². The Balaban J connectivity index is 1.79. The van der Waals surface area contributed by atoms with Gasteiger partial charge in [0.15, 0.2) is 9.84 Å². The van der Waals surface area contributed by atoms with Crippen LogP contribution >= 0.6 is 11.8 Å². The van der Waals surface area contributed by atoms with Crippen LogP contribution in [0.15, 0.2) is 0 Å². The lowest BCUT2D eigenvalue weighted by Gasteiger charge is -2.27. The molecule has 0 saturated carbocycles. The number of thioether (sulfide) groups is 1. The molecular weight excluding hydrogens is 274 g/mol. The Labute approximate surface area is 112 Å². The second kappa shape index (κ2) is 5.79. The summed E-state index contributed by atoms with van der Waals surface area (Å²) in [5.41, 5.74) is 0. The van der Waals surface area contributed by atoms with Crippen LogP contribution in [0.5, 0.6) is 0 Å². The maximum atomic E-state index is 11.9. The number of piperidine rings is 1. The van der Waals surface area contributed by atoms with Crippen molar-refractivity contribution in [3.63, 3.8) is 0 Å². The Morgan fingerprint density at radius 1 is 1.22 bits per heavy atom. The van der Waals surface area contributed by atoms with Crippen LogP contribution in [0, 0.1) is 0 Å². The predicted molar refractivity (Wildman–Crippen MR) is 71.3 cm³/mol. The molecule has 7 heteroatoms. The predicted octanol–water partition coefficient (Wildman–Crippen LogP) is -0.110. The van der Waals surface area contributed by atoms with E-state index in [1.807, 2.05) is 4.90 Å². The van der Waals surface area contributed by atoms with Gasteiger partial charge in [0.2, 0.25) is 5.91 Å². The summed E-state index contributed by atoms with van der Waals surface area (Å²) < 4.78 is 22.7. The monoisotopic (exact) mass is 293 g/mol. The molecule has 1 amide bonds. The number of carbonyl (C=O) groups excluding carboxylic acids is 1. The minimum absolute atomic E-state index is 0.00782. The molecular formula is C11H19NO4S2. The molecule has 2 aliphatic heterocycles. The molecule has 2 heterocycles. The number of hydrogen-bond donors (Lipinski definition) is 1. The molecule has 104 valence electrons. The van der Waals surface area contributed by atoms with E-state index >= 15 is 0 Å². The lowest BCUT2D eigenvalue weighted by atomic mass is 10.1. The molecule has 0 spiro atoms. The summed E-state index contributed by atoms with van der Waals surface area (Å²) in [4.78, 5) is 13.7. The van der Waals surface area contributed by atoms with E-state index in [9.17, 15) is 18.3 Å². The SMILES string of the molecule is O=C(CSC1CS(=O)(=O)CC1O)N1CCCCC1. The molecule has 0 aliphatic carbocycles. The summed E-state index contributed by atoms with van der Waals surface area (Å²) in [6, 6.07) is 0. The van der Waals surface area contributed by atoms with E-state index in [-0.39, 0.29) is 28.4 Å². The number of aliphatic hydroxyl groups excluding tert-OH is 1. The van der Waals surface area contributed by atoms with Gasteiger partial charge in [0.25, 0.3) is 0 Å². The van der Waals surface area contributed by atoms with E-state index in [1.54, 1.807) is 0 Å². The van der Waals surface area contributed by atoms with Crippen LogP contribution in [0.25, 0.3) is 0 Å². The molecule has 2 fully saturated rings. The molecule has 2 unspecified atom stereocenters. The highest BCUT2D eigenvalue weighted by atomic mass is 32.2. The first kappa shape index (κ1) is 14.1. The van der Waals surface area contributed by atoms with E-state index < -0.39 is 15.9 Å². The Morgan fingerprint density at radius 2 is 1.89 bits per heavy atom. The van der Waals surface area contributed by atoms with Crippen molar-refractivity contribution in [1.82, 2.24) is 4.90 Å². The Bertz CT molecular complexity index is 403. The van der Waals surface area contributed by atoms with Crippen molar-refractivity contribution >= 4 is 27.5 Å². The molecule has 0 aromatic rings. The summed E-state index contributed by atoms with van der Waals surface area (Å²) in [6.45, 7) is 1.62. The van der Waals surface area contributed by atoms with Gasteiger partial charge in [-0.15, -0.1) is 11.8 Å². The van der Waals surface area contributed by atoms with E-state index in [4.69, 9.17) is 0 Å². The third-order valence-electron chi connectivity index (χ3n) is 3.40. The van der Waals surface area contributed by atoms with E-state index in [2.05, 4.69) is 0 Å². The molecule has 18 heavy (non-hydrogen) atoms. The minimum Gasteiger partial charge on any atom is -0.391 e. The lowest BCUT2D eigenvalue weighted by Crippen LogP contribution is -2.37. The normalized spacial score (nSPS) is 31.5. The minimum atomic E-state index is -3.11. The van der Waals surface area contributed by atoms with Gasteiger partial charge in [0.05, 0.1) is 23.4 Å². The number of nitrogens with zero attached hydrogens (tertiary/aromatic N) is 1.